The minimum Gasteiger partial charge on any atom is -0.330 e. The third kappa shape index (κ3) is 4.71. The lowest BCUT2D eigenvalue weighted by Crippen LogP contribution is -2.43. The molecule has 1 amide bonds. The van der Waals surface area contributed by atoms with Gasteiger partial charge in [0.15, 0.2) is 0 Å². The quantitative estimate of drug-likeness (QED) is 0.726. The molecule has 0 bridgehead atoms. The first kappa shape index (κ1) is 21.5. The van der Waals surface area contributed by atoms with E-state index in [0.717, 1.165) is 6.07 Å². The summed E-state index contributed by atoms with van der Waals surface area (Å²) >= 11 is 5.88. The fourth-order valence-corrected chi connectivity index (χ4v) is 4.28. The van der Waals surface area contributed by atoms with Gasteiger partial charge in [-0.3, -0.25) is 4.79 Å². The van der Waals surface area contributed by atoms with Gasteiger partial charge in [-0.2, -0.15) is 13.2 Å². The molecule has 0 aromatic heterocycles. The normalized spacial score (nSPS) is 14.6. The van der Waals surface area contributed by atoms with Crippen LogP contribution in [0.2, 0.25) is 5.02 Å². The molecule has 0 radical (unpaired) electrons. The molecule has 11 heteroatoms. The van der Waals surface area contributed by atoms with Crippen molar-refractivity contribution >= 4 is 27.5 Å². The highest BCUT2D eigenvalue weighted by atomic mass is 35.5. The molecule has 1 heterocycles. The summed E-state index contributed by atoms with van der Waals surface area (Å²) in [6, 6.07) is 7.96. The standard InChI is InChI=1S/C18H15ClF4N2O3S/c19-15-2-1-3-16(20)14(15)9-24-29(27,28)13-5-4-11-6-7-25(10-12(11)8-13)17(26)18(21,22)23/h1-5,8,24H,6-7,9-10H2. The third-order valence-corrected chi connectivity index (χ3v) is 6.28. The summed E-state index contributed by atoms with van der Waals surface area (Å²) in [5.41, 5.74) is 0.936. The maximum absolute atomic E-state index is 13.8. The molecular weight excluding hydrogens is 436 g/mol. The number of rotatable bonds is 4. The van der Waals surface area contributed by atoms with Crippen LogP contribution < -0.4 is 4.72 Å². The van der Waals surface area contributed by atoms with Gasteiger partial charge in [-0.25, -0.2) is 17.5 Å². The maximum Gasteiger partial charge on any atom is 0.471 e. The van der Waals surface area contributed by atoms with Gasteiger partial charge in [-0.1, -0.05) is 23.7 Å². The number of hydrogen-bond donors (Lipinski definition) is 1. The first-order chi connectivity index (χ1) is 13.5. The summed E-state index contributed by atoms with van der Waals surface area (Å²) in [5, 5.41) is 0.0550. The van der Waals surface area contributed by atoms with Gasteiger partial charge >= 0.3 is 12.1 Å². The van der Waals surface area contributed by atoms with E-state index in [4.69, 9.17) is 11.6 Å². The molecule has 0 spiro atoms. The second-order valence-corrected chi connectivity index (χ2v) is 8.60. The number of sulfonamides is 1. The van der Waals surface area contributed by atoms with Crippen LogP contribution in [0.25, 0.3) is 0 Å². The van der Waals surface area contributed by atoms with Gasteiger partial charge in [0, 0.05) is 30.2 Å². The molecule has 2 aromatic rings. The molecular formula is C18H15ClF4N2O3S. The molecule has 1 N–H and O–H groups in total. The third-order valence-electron chi connectivity index (χ3n) is 4.53. The number of carbonyl (C=O) groups is 1. The molecule has 3 rings (SSSR count). The minimum absolute atomic E-state index is 0.0300. The summed E-state index contributed by atoms with van der Waals surface area (Å²) in [7, 11) is -4.09. The molecule has 0 fully saturated rings. The fourth-order valence-electron chi connectivity index (χ4n) is 3.00. The number of hydrogen-bond acceptors (Lipinski definition) is 3. The van der Waals surface area contributed by atoms with E-state index in [0.29, 0.717) is 16.0 Å². The first-order valence-electron chi connectivity index (χ1n) is 8.39. The van der Waals surface area contributed by atoms with Crippen LogP contribution in [0.1, 0.15) is 16.7 Å². The summed E-state index contributed by atoms with van der Waals surface area (Å²) < 4.78 is 79.1. The molecule has 0 saturated carbocycles. The molecule has 29 heavy (non-hydrogen) atoms. The summed E-state index contributed by atoms with van der Waals surface area (Å²) in [6.45, 7) is -0.860. The van der Waals surface area contributed by atoms with E-state index >= 15 is 0 Å². The topological polar surface area (TPSA) is 66.5 Å². The number of amides is 1. The lowest BCUT2D eigenvalue weighted by Gasteiger charge is -2.29. The van der Waals surface area contributed by atoms with Gasteiger partial charge in [0.05, 0.1) is 4.90 Å². The SMILES string of the molecule is O=C(N1CCc2ccc(S(=O)(=O)NCc3c(F)cccc3Cl)cc2C1)C(F)(F)F. The lowest BCUT2D eigenvalue weighted by molar-refractivity contribution is -0.186. The van der Waals surface area contributed by atoms with Crippen molar-refractivity contribution in [2.75, 3.05) is 6.54 Å². The molecule has 0 aliphatic carbocycles. The van der Waals surface area contributed by atoms with Crippen molar-refractivity contribution in [1.82, 2.24) is 9.62 Å². The number of carbonyl (C=O) groups excluding carboxylic acids is 1. The molecule has 5 nitrogen and oxygen atoms in total. The summed E-state index contributed by atoms with van der Waals surface area (Å²) in [5.74, 6) is -2.64. The van der Waals surface area contributed by atoms with Crippen molar-refractivity contribution in [2.24, 2.45) is 0 Å². The largest absolute Gasteiger partial charge is 0.471 e. The monoisotopic (exact) mass is 450 g/mol. The van der Waals surface area contributed by atoms with Gasteiger partial charge in [-0.05, 0) is 41.8 Å². The Morgan fingerprint density at radius 1 is 1.17 bits per heavy atom. The Morgan fingerprint density at radius 2 is 1.90 bits per heavy atom. The molecule has 1 aliphatic heterocycles. The number of benzene rings is 2. The highest BCUT2D eigenvalue weighted by Gasteiger charge is 2.43. The number of nitrogens with one attached hydrogen (secondary N) is 1. The zero-order valence-corrected chi connectivity index (χ0v) is 16.3. The Balaban J connectivity index is 1.81. The zero-order valence-electron chi connectivity index (χ0n) is 14.8. The van der Waals surface area contributed by atoms with E-state index in [9.17, 15) is 30.8 Å². The molecule has 2 aromatic carbocycles. The van der Waals surface area contributed by atoms with Crippen LogP contribution in [0.15, 0.2) is 41.3 Å². The summed E-state index contributed by atoms with van der Waals surface area (Å²) in [6.07, 6.45) is -4.82. The Kier molecular flexibility index (Phi) is 5.88. The lowest BCUT2D eigenvalue weighted by atomic mass is 10.00. The maximum atomic E-state index is 13.8. The Labute approximate surface area is 169 Å². The second-order valence-electron chi connectivity index (χ2n) is 6.43. The van der Waals surface area contributed by atoms with Crippen molar-refractivity contribution in [2.45, 2.75) is 30.6 Å². The van der Waals surface area contributed by atoms with Crippen molar-refractivity contribution in [3.63, 3.8) is 0 Å². The molecule has 0 saturated heterocycles. The van der Waals surface area contributed by atoms with E-state index in [1.807, 2.05) is 0 Å². The van der Waals surface area contributed by atoms with Gasteiger partial charge in [0.25, 0.3) is 0 Å². The van der Waals surface area contributed by atoms with Crippen LogP contribution in [0.3, 0.4) is 0 Å². The van der Waals surface area contributed by atoms with Crippen LogP contribution >= 0.6 is 11.6 Å². The molecule has 0 unspecified atom stereocenters. The number of halogens is 5. The van der Waals surface area contributed by atoms with Crippen LogP contribution in [-0.4, -0.2) is 31.9 Å². The van der Waals surface area contributed by atoms with Gasteiger partial charge in [-0.15, -0.1) is 0 Å². The van der Waals surface area contributed by atoms with Gasteiger partial charge in [0.2, 0.25) is 10.0 Å². The van der Waals surface area contributed by atoms with Gasteiger partial charge < -0.3 is 4.90 Å². The van der Waals surface area contributed by atoms with E-state index in [-0.39, 0.29) is 35.0 Å². The Morgan fingerprint density at radius 3 is 2.55 bits per heavy atom. The van der Waals surface area contributed by atoms with Crippen LogP contribution in [-0.2, 0) is 34.3 Å². The van der Waals surface area contributed by atoms with E-state index in [2.05, 4.69) is 4.72 Å². The average molecular weight is 451 g/mol. The zero-order chi connectivity index (χ0) is 21.4. The second kappa shape index (κ2) is 7.92. The Bertz CT molecular complexity index is 1040. The van der Waals surface area contributed by atoms with Crippen LogP contribution in [0.5, 0.6) is 0 Å². The summed E-state index contributed by atoms with van der Waals surface area (Å²) in [4.78, 5) is 11.9. The van der Waals surface area contributed by atoms with Crippen LogP contribution in [0.4, 0.5) is 17.6 Å². The van der Waals surface area contributed by atoms with Crippen molar-refractivity contribution in [3.05, 3.63) is 63.9 Å². The highest BCUT2D eigenvalue weighted by Crippen LogP contribution is 2.27. The molecule has 156 valence electrons. The number of fused-ring (bicyclic) bond motifs is 1. The van der Waals surface area contributed by atoms with E-state index in [1.54, 1.807) is 0 Å². The van der Waals surface area contributed by atoms with Crippen molar-refractivity contribution < 1.29 is 30.8 Å². The minimum atomic E-state index is -5.00. The number of alkyl halides is 3. The predicted octanol–water partition coefficient (Wildman–Crippen LogP) is 3.40. The fraction of sp³-hybridized carbons (Fsp3) is 0.278. The highest BCUT2D eigenvalue weighted by molar-refractivity contribution is 7.89. The van der Waals surface area contributed by atoms with Crippen molar-refractivity contribution in [3.8, 4) is 0 Å². The molecule has 0 atom stereocenters. The smallest absolute Gasteiger partial charge is 0.330 e. The van der Waals surface area contributed by atoms with E-state index < -0.39 is 34.5 Å². The predicted molar refractivity (Wildman–Crippen MR) is 97.1 cm³/mol. The average Bonchev–Trinajstić information content (AvgIpc) is 2.65. The van der Waals surface area contributed by atoms with E-state index in [1.165, 1.54) is 30.3 Å². The number of nitrogens with zero attached hydrogens (tertiary/aromatic N) is 1. The molecule has 1 aliphatic rings. The van der Waals surface area contributed by atoms with Gasteiger partial charge in [0.1, 0.15) is 5.82 Å². The Hall–Kier alpha value is -2.17. The van der Waals surface area contributed by atoms with Crippen LogP contribution in [0, 0.1) is 5.82 Å². The first-order valence-corrected chi connectivity index (χ1v) is 10.3. The van der Waals surface area contributed by atoms with Crippen molar-refractivity contribution in [1.29, 1.82) is 0 Å².